The van der Waals surface area contributed by atoms with Gasteiger partial charge in [-0.25, -0.2) is 0 Å². The van der Waals surface area contributed by atoms with Crippen molar-refractivity contribution in [2.45, 2.75) is 52.4 Å². The van der Waals surface area contributed by atoms with Gasteiger partial charge in [0.05, 0.1) is 11.0 Å². The summed E-state index contributed by atoms with van der Waals surface area (Å²) in [5.74, 6) is 0. The van der Waals surface area contributed by atoms with Gasteiger partial charge in [0.2, 0.25) is 0 Å². The minimum Gasteiger partial charge on any atom is -0.456 e. The van der Waals surface area contributed by atoms with E-state index in [9.17, 15) is 0 Å². The quantitative estimate of drug-likeness (QED) is 0.162. The summed E-state index contributed by atoms with van der Waals surface area (Å²) < 4.78 is 9.04. The first-order valence-corrected chi connectivity index (χ1v) is 18.5. The summed E-state index contributed by atoms with van der Waals surface area (Å²) in [7, 11) is 0. The Morgan fingerprint density at radius 2 is 1.23 bits per heavy atom. The zero-order valence-electron chi connectivity index (χ0n) is 30.5. The highest BCUT2D eigenvalue weighted by molar-refractivity contribution is 6.93. The molecule has 250 valence electrons. The van der Waals surface area contributed by atoms with Gasteiger partial charge < -0.3 is 13.8 Å². The number of rotatable bonds is 1. The maximum Gasteiger partial charge on any atom is 0.333 e. The van der Waals surface area contributed by atoms with Crippen molar-refractivity contribution in [1.29, 1.82) is 0 Å². The molecule has 52 heavy (non-hydrogen) atoms. The molecule has 0 unspecified atom stereocenters. The summed E-state index contributed by atoms with van der Waals surface area (Å²) in [6.07, 6.45) is 0. The van der Waals surface area contributed by atoms with E-state index in [0.717, 1.165) is 21.9 Å². The van der Waals surface area contributed by atoms with Gasteiger partial charge in [-0.2, -0.15) is 0 Å². The third kappa shape index (κ3) is 3.98. The van der Waals surface area contributed by atoms with Crippen molar-refractivity contribution in [1.82, 2.24) is 4.57 Å². The molecule has 4 heteroatoms. The van der Waals surface area contributed by atoms with Crippen LogP contribution in [0.25, 0.3) is 71.3 Å². The molecular weight excluding hydrogens is 631 g/mol. The second kappa shape index (κ2) is 9.98. The molecule has 0 saturated heterocycles. The number of hydrogen-bond donors (Lipinski definition) is 0. The first-order valence-electron chi connectivity index (χ1n) is 18.5. The molecular formula is C48H39BN2O. The summed E-state index contributed by atoms with van der Waals surface area (Å²) in [6.45, 7) is 13.8. The lowest BCUT2D eigenvalue weighted by Gasteiger charge is -2.42. The van der Waals surface area contributed by atoms with Crippen molar-refractivity contribution in [3.63, 3.8) is 0 Å². The molecule has 2 aliphatic rings. The normalized spacial score (nSPS) is 13.9. The van der Waals surface area contributed by atoms with Crippen LogP contribution in [0.3, 0.4) is 0 Å². The predicted octanol–water partition coefficient (Wildman–Crippen LogP) is 11.7. The van der Waals surface area contributed by atoms with Crippen molar-refractivity contribution in [3.05, 3.63) is 139 Å². The molecule has 0 amide bonds. The lowest BCUT2D eigenvalue weighted by molar-refractivity contribution is 0.590. The molecule has 0 aliphatic carbocycles. The number of furan rings is 1. The lowest BCUT2D eigenvalue weighted by atomic mass is 9.43. The number of anilines is 2. The largest absolute Gasteiger partial charge is 0.456 e. The Kier molecular flexibility index (Phi) is 5.75. The molecule has 11 rings (SSSR count). The van der Waals surface area contributed by atoms with E-state index in [1.165, 1.54) is 82.8 Å². The van der Waals surface area contributed by atoms with E-state index >= 15 is 0 Å². The molecule has 0 atom stereocenters. The van der Waals surface area contributed by atoms with Crippen molar-refractivity contribution in [3.8, 4) is 16.8 Å². The van der Waals surface area contributed by atoms with Gasteiger partial charge in [-0.05, 0) is 97.7 Å². The maximum absolute atomic E-state index is 6.48. The average molecular weight is 671 g/mol. The van der Waals surface area contributed by atoms with Gasteiger partial charge in [-0.3, -0.25) is 0 Å². The van der Waals surface area contributed by atoms with E-state index in [-0.39, 0.29) is 17.7 Å². The minimum absolute atomic E-state index is 0.00721. The lowest BCUT2D eigenvalue weighted by Crippen LogP contribution is -2.60. The second-order valence-corrected chi connectivity index (χ2v) is 17.0. The molecule has 0 radical (unpaired) electrons. The van der Waals surface area contributed by atoms with Crippen LogP contribution in [-0.4, -0.2) is 11.4 Å². The van der Waals surface area contributed by atoms with Crippen molar-refractivity contribution in [2.75, 3.05) is 4.81 Å². The van der Waals surface area contributed by atoms with Gasteiger partial charge in [0.15, 0.2) is 0 Å². The summed E-state index contributed by atoms with van der Waals surface area (Å²) in [6, 6.07) is 48.1. The van der Waals surface area contributed by atoms with Crippen LogP contribution in [0.1, 0.15) is 52.7 Å². The smallest absolute Gasteiger partial charge is 0.333 e. The van der Waals surface area contributed by atoms with Crippen LogP contribution < -0.4 is 15.7 Å². The number of para-hydroxylation sites is 1. The van der Waals surface area contributed by atoms with Crippen LogP contribution >= 0.6 is 0 Å². The molecule has 0 fully saturated rings. The van der Waals surface area contributed by atoms with Crippen LogP contribution in [0.2, 0.25) is 0 Å². The minimum atomic E-state index is -0.0224. The fraction of sp³-hybridized carbons (Fsp3) is 0.167. The van der Waals surface area contributed by atoms with Gasteiger partial charge in [0.25, 0.3) is 0 Å². The fourth-order valence-electron chi connectivity index (χ4n) is 9.17. The Bertz CT molecular complexity index is 2990. The van der Waals surface area contributed by atoms with Crippen molar-refractivity contribution < 1.29 is 4.42 Å². The molecule has 3 nitrogen and oxygen atoms in total. The standard InChI is InChI=1S/C48H39BN2O/c1-47(2,3)30-15-18-32(19-16-30)51-42-24-29-12-8-7-11-28(29)23-36(42)34-20-21-35-37-27-44-38(33-13-9-10-14-43(33)52-44)26-41(37)50-40-22-17-31(48(4,5)6)25-39(40)49(51)45(34)46(35)50/h7-27H,1-6H3. The Morgan fingerprint density at radius 1 is 0.519 bits per heavy atom. The van der Waals surface area contributed by atoms with Crippen LogP contribution in [-0.2, 0) is 10.8 Å². The zero-order valence-corrected chi connectivity index (χ0v) is 30.5. The van der Waals surface area contributed by atoms with Crippen molar-refractivity contribution >= 4 is 83.7 Å². The van der Waals surface area contributed by atoms with Crippen LogP contribution in [0.15, 0.2) is 132 Å². The molecule has 0 N–H and O–H groups in total. The Balaban J connectivity index is 1.31. The zero-order chi connectivity index (χ0) is 35.3. The molecule has 4 heterocycles. The van der Waals surface area contributed by atoms with E-state index in [0.29, 0.717) is 0 Å². The predicted molar refractivity (Wildman–Crippen MR) is 222 cm³/mol. The third-order valence-corrected chi connectivity index (χ3v) is 11.9. The number of aromatic nitrogens is 1. The van der Waals surface area contributed by atoms with Gasteiger partial charge >= 0.3 is 6.85 Å². The third-order valence-electron chi connectivity index (χ3n) is 11.9. The summed E-state index contributed by atoms with van der Waals surface area (Å²) >= 11 is 0. The topological polar surface area (TPSA) is 21.3 Å². The molecule has 2 aliphatic heterocycles. The molecule has 9 aromatic rings. The summed E-state index contributed by atoms with van der Waals surface area (Å²) in [5.41, 5.74) is 16.1. The molecule has 0 bridgehead atoms. The van der Waals surface area contributed by atoms with E-state index in [4.69, 9.17) is 4.42 Å². The Morgan fingerprint density at radius 3 is 2.00 bits per heavy atom. The molecule has 7 aromatic carbocycles. The fourth-order valence-corrected chi connectivity index (χ4v) is 9.17. The molecule has 2 aromatic heterocycles. The highest BCUT2D eigenvalue weighted by Crippen LogP contribution is 2.47. The van der Waals surface area contributed by atoms with Crippen molar-refractivity contribution in [2.24, 2.45) is 0 Å². The van der Waals surface area contributed by atoms with Gasteiger partial charge in [0, 0.05) is 44.2 Å². The first-order chi connectivity index (χ1) is 25.0. The SMILES string of the molecule is CC(C)(C)c1ccc(N2B3c4cc(C(C)(C)C)ccc4-n4c5cc6c(cc5c5ccc(c3c54)-c3cc4ccccc4cc32)oc2ccccc26)cc1. The van der Waals surface area contributed by atoms with E-state index < -0.39 is 0 Å². The highest BCUT2D eigenvalue weighted by atomic mass is 16.3. The van der Waals surface area contributed by atoms with E-state index in [1.807, 2.05) is 0 Å². The summed E-state index contributed by atoms with van der Waals surface area (Å²) in [5, 5.41) is 7.31. The Labute approximate surface area is 304 Å². The van der Waals surface area contributed by atoms with E-state index in [2.05, 4.69) is 178 Å². The van der Waals surface area contributed by atoms with Gasteiger partial charge in [-0.1, -0.05) is 120 Å². The first kappa shape index (κ1) is 29.9. The van der Waals surface area contributed by atoms with Gasteiger partial charge in [0.1, 0.15) is 11.2 Å². The molecule has 0 saturated carbocycles. The van der Waals surface area contributed by atoms with Gasteiger partial charge in [-0.15, -0.1) is 0 Å². The number of fused-ring (bicyclic) bond motifs is 12. The average Bonchev–Trinajstić information content (AvgIpc) is 3.66. The maximum atomic E-state index is 6.48. The highest BCUT2D eigenvalue weighted by Gasteiger charge is 2.44. The van der Waals surface area contributed by atoms with Crippen LogP contribution in [0, 0.1) is 0 Å². The van der Waals surface area contributed by atoms with E-state index in [1.54, 1.807) is 0 Å². The molecule has 0 spiro atoms. The van der Waals surface area contributed by atoms with Crippen LogP contribution in [0.5, 0.6) is 0 Å². The number of benzene rings is 7. The second-order valence-electron chi connectivity index (χ2n) is 17.0. The van der Waals surface area contributed by atoms with Crippen LogP contribution in [0.4, 0.5) is 11.4 Å². The monoisotopic (exact) mass is 670 g/mol. The summed E-state index contributed by atoms with van der Waals surface area (Å²) in [4.78, 5) is 2.64. The Hall–Kier alpha value is -5.74. The number of nitrogens with zero attached hydrogens (tertiary/aromatic N) is 2. The number of hydrogen-bond acceptors (Lipinski definition) is 2.